The van der Waals surface area contributed by atoms with Crippen LogP contribution < -0.4 is 0 Å². The van der Waals surface area contributed by atoms with Gasteiger partial charge >= 0.3 is 0 Å². The second-order valence-corrected chi connectivity index (χ2v) is 3.56. The smallest absolute Gasteiger partial charge is 0.158 e. The highest BCUT2D eigenvalue weighted by atomic mass is 19.1. The molecule has 0 heterocycles. The molecular weight excluding hydrogens is 198 g/mol. The van der Waals surface area contributed by atoms with Crippen molar-refractivity contribution in [3.8, 4) is 0 Å². The zero-order valence-corrected chi connectivity index (χ0v) is 8.63. The highest BCUT2D eigenvalue weighted by molar-refractivity contribution is 5.94. The van der Waals surface area contributed by atoms with Crippen molar-refractivity contribution in [3.63, 3.8) is 0 Å². The number of rotatable bonds is 3. The first-order chi connectivity index (χ1) is 7.00. The first kappa shape index (κ1) is 11.6. The molecule has 1 rings (SSSR count). The number of halogens is 2. The van der Waals surface area contributed by atoms with Crippen molar-refractivity contribution >= 4 is 11.9 Å². The fourth-order valence-corrected chi connectivity index (χ4v) is 1.00. The van der Waals surface area contributed by atoms with Crippen molar-refractivity contribution in [1.82, 2.24) is 0 Å². The number of hydrogen-bond donors (Lipinski definition) is 0. The Balaban J connectivity index is 2.85. The Morgan fingerprint density at radius 3 is 2.53 bits per heavy atom. The van der Waals surface area contributed by atoms with Crippen LogP contribution in [-0.2, 0) is 4.79 Å². The molecule has 0 fully saturated rings. The Labute approximate surface area is 87.4 Å². The van der Waals surface area contributed by atoms with Crippen LogP contribution in [0, 0.1) is 17.6 Å². The summed E-state index contributed by atoms with van der Waals surface area (Å²) in [6.45, 7) is 3.52. The Bertz CT molecular complexity index is 395. The Morgan fingerprint density at radius 1 is 1.33 bits per heavy atom. The van der Waals surface area contributed by atoms with Gasteiger partial charge in [0.15, 0.2) is 5.78 Å². The molecule has 0 aromatic heterocycles. The molecule has 1 aromatic rings. The second-order valence-electron chi connectivity index (χ2n) is 3.56. The van der Waals surface area contributed by atoms with E-state index in [4.69, 9.17) is 0 Å². The number of carbonyl (C=O) groups excluding carboxylic acids is 1. The lowest BCUT2D eigenvalue weighted by molar-refractivity contribution is -0.117. The summed E-state index contributed by atoms with van der Waals surface area (Å²) in [6, 6.07) is 3.25. The van der Waals surface area contributed by atoms with Gasteiger partial charge in [0.2, 0.25) is 0 Å². The average molecular weight is 210 g/mol. The lowest BCUT2D eigenvalue weighted by atomic mass is 10.1. The Morgan fingerprint density at radius 2 is 2.00 bits per heavy atom. The van der Waals surface area contributed by atoms with Crippen LogP contribution in [0.4, 0.5) is 8.78 Å². The van der Waals surface area contributed by atoms with Crippen molar-refractivity contribution in [2.45, 2.75) is 13.8 Å². The van der Waals surface area contributed by atoms with E-state index in [1.807, 2.05) is 0 Å². The van der Waals surface area contributed by atoms with E-state index in [1.165, 1.54) is 18.2 Å². The van der Waals surface area contributed by atoms with Crippen LogP contribution in [0.15, 0.2) is 24.3 Å². The number of ketones is 1. The molecule has 80 valence electrons. The van der Waals surface area contributed by atoms with Crippen molar-refractivity contribution in [2.24, 2.45) is 5.92 Å². The van der Waals surface area contributed by atoms with Crippen molar-refractivity contribution in [2.75, 3.05) is 0 Å². The Kier molecular flexibility index (Phi) is 3.72. The lowest BCUT2D eigenvalue weighted by Gasteiger charge is -1.98. The third kappa shape index (κ3) is 3.27. The van der Waals surface area contributed by atoms with Gasteiger partial charge in [0.25, 0.3) is 0 Å². The zero-order valence-electron chi connectivity index (χ0n) is 8.63. The predicted molar refractivity (Wildman–Crippen MR) is 55.2 cm³/mol. The summed E-state index contributed by atoms with van der Waals surface area (Å²) in [7, 11) is 0. The molecule has 0 spiro atoms. The Hall–Kier alpha value is -1.51. The third-order valence-corrected chi connectivity index (χ3v) is 1.96. The molecule has 0 N–H and O–H groups in total. The summed E-state index contributed by atoms with van der Waals surface area (Å²) in [5, 5.41) is 0. The molecule has 0 unspecified atom stereocenters. The summed E-state index contributed by atoms with van der Waals surface area (Å²) in [5.41, 5.74) is 0.213. The van der Waals surface area contributed by atoms with Crippen molar-refractivity contribution in [1.29, 1.82) is 0 Å². The van der Waals surface area contributed by atoms with Crippen LogP contribution >= 0.6 is 0 Å². The minimum absolute atomic E-state index is 0.0845. The maximum atomic E-state index is 13.1. The van der Waals surface area contributed by atoms with E-state index in [-0.39, 0.29) is 17.3 Å². The van der Waals surface area contributed by atoms with Gasteiger partial charge in [-0.25, -0.2) is 8.78 Å². The molecule has 0 saturated heterocycles. The summed E-state index contributed by atoms with van der Waals surface area (Å²) in [4.78, 5) is 11.2. The van der Waals surface area contributed by atoms with Gasteiger partial charge in [-0.05, 0) is 24.3 Å². The molecule has 0 aliphatic carbocycles. The average Bonchev–Trinajstić information content (AvgIpc) is 2.15. The highest BCUT2D eigenvalue weighted by Crippen LogP contribution is 2.11. The molecule has 1 nitrogen and oxygen atoms in total. The van der Waals surface area contributed by atoms with Gasteiger partial charge in [0.05, 0.1) is 0 Å². The number of carbonyl (C=O) groups is 1. The minimum Gasteiger partial charge on any atom is -0.295 e. The van der Waals surface area contributed by atoms with E-state index in [9.17, 15) is 13.6 Å². The van der Waals surface area contributed by atoms with Crippen LogP contribution in [0.5, 0.6) is 0 Å². The van der Waals surface area contributed by atoms with Gasteiger partial charge in [-0.2, -0.15) is 0 Å². The van der Waals surface area contributed by atoms with Gasteiger partial charge in [0.1, 0.15) is 11.6 Å². The molecular formula is C12H12F2O. The lowest BCUT2D eigenvalue weighted by Crippen LogP contribution is -2.01. The zero-order chi connectivity index (χ0) is 11.4. The maximum absolute atomic E-state index is 13.1. The number of benzene rings is 1. The number of allylic oxidation sites excluding steroid dienone is 1. The van der Waals surface area contributed by atoms with Gasteiger partial charge in [-0.1, -0.05) is 13.8 Å². The normalized spacial score (nSPS) is 11.3. The van der Waals surface area contributed by atoms with E-state index >= 15 is 0 Å². The van der Waals surface area contributed by atoms with Crippen molar-refractivity contribution in [3.05, 3.63) is 41.5 Å². The summed E-state index contributed by atoms with van der Waals surface area (Å²) in [5.74, 6) is -1.49. The fourth-order valence-electron chi connectivity index (χ4n) is 1.00. The van der Waals surface area contributed by atoms with Crippen LogP contribution in [0.25, 0.3) is 6.08 Å². The van der Waals surface area contributed by atoms with E-state index in [0.29, 0.717) is 0 Å². The van der Waals surface area contributed by atoms with E-state index in [2.05, 4.69) is 0 Å². The van der Waals surface area contributed by atoms with Crippen LogP contribution in [0.2, 0.25) is 0 Å². The van der Waals surface area contributed by atoms with Gasteiger partial charge in [-0.15, -0.1) is 0 Å². The molecule has 1 aromatic carbocycles. The number of hydrogen-bond acceptors (Lipinski definition) is 1. The molecule has 0 atom stereocenters. The van der Waals surface area contributed by atoms with E-state index < -0.39 is 11.6 Å². The van der Waals surface area contributed by atoms with Crippen LogP contribution in [-0.4, -0.2) is 5.78 Å². The molecule has 0 amide bonds. The molecule has 0 aliphatic rings. The van der Waals surface area contributed by atoms with Gasteiger partial charge < -0.3 is 0 Å². The van der Waals surface area contributed by atoms with Crippen LogP contribution in [0.1, 0.15) is 19.4 Å². The molecule has 3 heteroatoms. The van der Waals surface area contributed by atoms with Crippen molar-refractivity contribution < 1.29 is 13.6 Å². The fraction of sp³-hybridized carbons (Fsp3) is 0.250. The first-order valence-electron chi connectivity index (χ1n) is 4.67. The van der Waals surface area contributed by atoms with Gasteiger partial charge in [-0.3, -0.25) is 4.79 Å². The summed E-state index contributed by atoms with van der Waals surface area (Å²) in [6.07, 6.45) is 2.66. The predicted octanol–water partition coefficient (Wildman–Crippen LogP) is 3.20. The topological polar surface area (TPSA) is 17.1 Å². The van der Waals surface area contributed by atoms with Crippen LogP contribution in [0.3, 0.4) is 0 Å². The molecule has 0 aliphatic heterocycles. The summed E-state index contributed by atoms with van der Waals surface area (Å²) >= 11 is 0. The SMILES string of the molecule is CC(C)C(=O)/C=C/c1ccc(F)cc1F. The molecule has 0 radical (unpaired) electrons. The van der Waals surface area contributed by atoms with Gasteiger partial charge in [0, 0.05) is 17.5 Å². The minimum atomic E-state index is -0.664. The quantitative estimate of drug-likeness (QED) is 0.700. The largest absolute Gasteiger partial charge is 0.295 e. The molecule has 0 saturated carbocycles. The monoisotopic (exact) mass is 210 g/mol. The maximum Gasteiger partial charge on any atom is 0.158 e. The summed E-state index contributed by atoms with van der Waals surface area (Å²) < 4.78 is 25.6. The van der Waals surface area contributed by atoms with E-state index in [0.717, 1.165) is 12.1 Å². The first-order valence-corrected chi connectivity index (χ1v) is 4.67. The second kappa shape index (κ2) is 4.82. The molecule has 0 bridgehead atoms. The third-order valence-electron chi connectivity index (χ3n) is 1.96. The standard InChI is InChI=1S/C12H12F2O/c1-8(2)12(15)6-4-9-3-5-10(13)7-11(9)14/h3-8H,1-2H3/b6-4+. The molecule has 15 heavy (non-hydrogen) atoms. The van der Waals surface area contributed by atoms with E-state index in [1.54, 1.807) is 13.8 Å². The highest BCUT2D eigenvalue weighted by Gasteiger charge is 2.04.